The summed E-state index contributed by atoms with van der Waals surface area (Å²) in [6.07, 6.45) is 15.2. The molecule has 1 aromatic heterocycles. The Kier molecular flexibility index (Phi) is 6.62. The Bertz CT molecular complexity index is 568. The molecule has 1 fully saturated rings. The lowest BCUT2D eigenvalue weighted by Gasteiger charge is -2.39. The molecule has 1 N–H and O–H groups in total. The molecule has 3 rings (SSSR count). The largest absolute Gasteiger partial charge is 0.354 e. The quantitative estimate of drug-likeness (QED) is 0.772. The molecule has 2 aliphatic rings. The van der Waals surface area contributed by atoms with E-state index < -0.39 is 0 Å². The van der Waals surface area contributed by atoms with Gasteiger partial charge in [0.15, 0.2) is 0 Å². The number of hydrogen-bond donors (Lipinski definition) is 1. The smallest absolute Gasteiger partial charge is 0.237 e. The van der Waals surface area contributed by atoms with Gasteiger partial charge in [-0.15, -0.1) is 0 Å². The third kappa shape index (κ3) is 5.14. The monoisotopic (exact) mass is 345 g/mol. The summed E-state index contributed by atoms with van der Waals surface area (Å²) in [6.45, 7) is 4.59. The van der Waals surface area contributed by atoms with Crippen molar-refractivity contribution in [1.29, 1.82) is 0 Å². The Balaban J connectivity index is 1.49. The second kappa shape index (κ2) is 9.13. The number of allylic oxidation sites excluding steroid dienone is 1. The molecule has 0 spiro atoms. The first-order valence-electron chi connectivity index (χ1n) is 9.78. The van der Waals surface area contributed by atoms with Crippen molar-refractivity contribution in [1.82, 2.24) is 25.0 Å². The molecule has 1 saturated heterocycles. The van der Waals surface area contributed by atoms with Crippen molar-refractivity contribution in [3.05, 3.63) is 24.3 Å². The molecule has 0 radical (unpaired) electrons. The van der Waals surface area contributed by atoms with Gasteiger partial charge in [0.25, 0.3) is 0 Å². The summed E-state index contributed by atoms with van der Waals surface area (Å²) in [6, 6.07) is 0.270. The maximum Gasteiger partial charge on any atom is 0.237 e. The highest BCUT2D eigenvalue weighted by atomic mass is 16.2. The maximum atomic E-state index is 12.6. The third-order valence-corrected chi connectivity index (χ3v) is 5.54. The maximum absolute atomic E-state index is 12.6. The predicted molar refractivity (Wildman–Crippen MR) is 98.0 cm³/mol. The standard InChI is InChI=1S/C19H31N5O/c1-16(19(25)21-11-10-17-7-3-2-4-8-17)24-12-6-5-9-18(24)13-23-15-20-14-22-23/h7,14-16,18H,2-6,8-13H2,1H3,(H,21,25)/t16-,18+/m1/s1. The Labute approximate surface area is 150 Å². The zero-order chi connectivity index (χ0) is 17.5. The van der Waals surface area contributed by atoms with Gasteiger partial charge >= 0.3 is 0 Å². The molecular weight excluding hydrogens is 314 g/mol. The van der Waals surface area contributed by atoms with Crippen molar-refractivity contribution in [3.8, 4) is 0 Å². The summed E-state index contributed by atoms with van der Waals surface area (Å²) >= 11 is 0. The van der Waals surface area contributed by atoms with E-state index in [1.807, 2.05) is 11.6 Å². The fraction of sp³-hybridized carbons (Fsp3) is 0.737. The number of nitrogens with zero attached hydrogens (tertiary/aromatic N) is 4. The number of carbonyl (C=O) groups excluding carboxylic acids is 1. The molecule has 6 nitrogen and oxygen atoms in total. The van der Waals surface area contributed by atoms with Gasteiger partial charge in [0, 0.05) is 12.6 Å². The van der Waals surface area contributed by atoms with Crippen LogP contribution in [0.15, 0.2) is 24.3 Å². The first-order chi connectivity index (χ1) is 12.2. The van der Waals surface area contributed by atoms with Crippen molar-refractivity contribution >= 4 is 5.91 Å². The lowest BCUT2D eigenvalue weighted by Crippen LogP contribution is -2.53. The lowest BCUT2D eigenvalue weighted by molar-refractivity contribution is -0.127. The Morgan fingerprint density at radius 3 is 3.04 bits per heavy atom. The fourth-order valence-corrected chi connectivity index (χ4v) is 4.05. The molecule has 138 valence electrons. The van der Waals surface area contributed by atoms with Crippen molar-refractivity contribution in [2.24, 2.45) is 0 Å². The first-order valence-corrected chi connectivity index (χ1v) is 9.78. The number of aromatic nitrogens is 3. The number of piperidine rings is 1. The molecule has 0 aromatic carbocycles. The van der Waals surface area contributed by atoms with Crippen LogP contribution in [0.4, 0.5) is 0 Å². The molecule has 1 aliphatic heterocycles. The van der Waals surface area contributed by atoms with Crippen LogP contribution < -0.4 is 5.32 Å². The fourth-order valence-electron chi connectivity index (χ4n) is 4.05. The van der Waals surface area contributed by atoms with Gasteiger partial charge in [-0.25, -0.2) is 4.98 Å². The van der Waals surface area contributed by atoms with E-state index in [1.54, 1.807) is 12.7 Å². The zero-order valence-electron chi connectivity index (χ0n) is 15.4. The lowest BCUT2D eigenvalue weighted by atomic mass is 9.97. The van der Waals surface area contributed by atoms with Crippen LogP contribution in [0.25, 0.3) is 0 Å². The Morgan fingerprint density at radius 1 is 1.36 bits per heavy atom. The van der Waals surface area contributed by atoms with E-state index in [2.05, 4.69) is 26.4 Å². The van der Waals surface area contributed by atoms with Crippen molar-refractivity contribution in [3.63, 3.8) is 0 Å². The molecule has 25 heavy (non-hydrogen) atoms. The van der Waals surface area contributed by atoms with E-state index >= 15 is 0 Å². The molecule has 2 atom stereocenters. The number of likely N-dealkylation sites (tertiary alicyclic amines) is 1. The molecule has 6 heteroatoms. The number of hydrogen-bond acceptors (Lipinski definition) is 4. The van der Waals surface area contributed by atoms with Gasteiger partial charge in [0.1, 0.15) is 12.7 Å². The topological polar surface area (TPSA) is 63.1 Å². The van der Waals surface area contributed by atoms with Crippen molar-refractivity contribution in [2.75, 3.05) is 13.1 Å². The van der Waals surface area contributed by atoms with E-state index in [-0.39, 0.29) is 11.9 Å². The number of carbonyl (C=O) groups is 1. The molecule has 2 heterocycles. The van der Waals surface area contributed by atoms with Crippen LogP contribution in [0, 0.1) is 0 Å². The van der Waals surface area contributed by atoms with E-state index in [0.717, 1.165) is 32.5 Å². The second-order valence-electron chi connectivity index (χ2n) is 7.33. The predicted octanol–water partition coefficient (Wildman–Crippen LogP) is 2.53. The van der Waals surface area contributed by atoms with Crippen LogP contribution in [-0.4, -0.2) is 50.7 Å². The third-order valence-electron chi connectivity index (χ3n) is 5.54. The minimum atomic E-state index is -0.0887. The van der Waals surface area contributed by atoms with Gasteiger partial charge in [0.2, 0.25) is 5.91 Å². The van der Waals surface area contributed by atoms with E-state index in [4.69, 9.17) is 0 Å². The van der Waals surface area contributed by atoms with Crippen LogP contribution in [0.5, 0.6) is 0 Å². The van der Waals surface area contributed by atoms with Crippen LogP contribution in [-0.2, 0) is 11.3 Å². The first kappa shape index (κ1) is 18.1. The molecule has 0 unspecified atom stereocenters. The molecular formula is C19H31N5O. The highest BCUT2D eigenvalue weighted by Gasteiger charge is 2.30. The van der Waals surface area contributed by atoms with Crippen molar-refractivity contribution < 1.29 is 4.79 Å². The molecule has 1 aromatic rings. The van der Waals surface area contributed by atoms with E-state index in [0.29, 0.717) is 6.04 Å². The highest BCUT2D eigenvalue weighted by Crippen LogP contribution is 2.22. The number of amides is 1. The summed E-state index contributed by atoms with van der Waals surface area (Å²) in [5.74, 6) is 0.155. The van der Waals surface area contributed by atoms with E-state index in [1.165, 1.54) is 44.1 Å². The van der Waals surface area contributed by atoms with Crippen LogP contribution in [0.3, 0.4) is 0 Å². The average molecular weight is 345 g/mol. The normalized spacial score (nSPS) is 23.1. The van der Waals surface area contributed by atoms with Crippen LogP contribution >= 0.6 is 0 Å². The average Bonchev–Trinajstić information content (AvgIpc) is 3.15. The second-order valence-corrected chi connectivity index (χ2v) is 7.33. The highest BCUT2D eigenvalue weighted by molar-refractivity contribution is 5.81. The minimum Gasteiger partial charge on any atom is -0.354 e. The van der Waals surface area contributed by atoms with Crippen molar-refractivity contribution in [2.45, 2.75) is 76.9 Å². The van der Waals surface area contributed by atoms with Gasteiger partial charge in [-0.1, -0.05) is 18.1 Å². The molecule has 1 aliphatic carbocycles. The van der Waals surface area contributed by atoms with E-state index in [9.17, 15) is 4.79 Å². The summed E-state index contributed by atoms with van der Waals surface area (Å²) in [5.41, 5.74) is 1.52. The molecule has 0 bridgehead atoms. The summed E-state index contributed by atoms with van der Waals surface area (Å²) in [7, 11) is 0. The zero-order valence-corrected chi connectivity index (χ0v) is 15.4. The molecule has 1 amide bonds. The summed E-state index contributed by atoms with van der Waals surface area (Å²) in [4.78, 5) is 19.0. The van der Waals surface area contributed by atoms with Gasteiger partial charge in [-0.05, 0) is 58.4 Å². The van der Waals surface area contributed by atoms with Gasteiger partial charge in [0.05, 0.1) is 12.6 Å². The Morgan fingerprint density at radius 2 is 2.28 bits per heavy atom. The number of nitrogens with one attached hydrogen (secondary N) is 1. The summed E-state index contributed by atoms with van der Waals surface area (Å²) in [5, 5.41) is 7.37. The van der Waals surface area contributed by atoms with Gasteiger partial charge < -0.3 is 5.32 Å². The van der Waals surface area contributed by atoms with Gasteiger partial charge in [-0.3, -0.25) is 14.4 Å². The summed E-state index contributed by atoms with van der Waals surface area (Å²) < 4.78 is 1.88. The Hall–Kier alpha value is -1.69. The van der Waals surface area contributed by atoms with Crippen LogP contribution in [0.2, 0.25) is 0 Å². The van der Waals surface area contributed by atoms with Gasteiger partial charge in [-0.2, -0.15) is 5.10 Å². The van der Waals surface area contributed by atoms with Crippen LogP contribution in [0.1, 0.15) is 58.3 Å². The number of rotatable bonds is 7. The minimum absolute atomic E-state index is 0.0887. The SMILES string of the molecule is C[C@H](C(=O)NCCC1=CCCCC1)N1CCCC[C@H]1Cn1cncn1. The molecule has 0 saturated carbocycles.